The summed E-state index contributed by atoms with van der Waals surface area (Å²) in [5.74, 6) is 6.50. The number of carbonyl (C=O) groups excluding carboxylic acids is 1. The van der Waals surface area contributed by atoms with Crippen LogP contribution in [0.2, 0.25) is 0 Å². The molecular formula is C12H13NOS. The quantitative estimate of drug-likeness (QED) is 0.774. The van der Waals surface area contributed by atoms with Crippen LogP contribution >= 0.6 is 11.8 Å². The number of hydrogen-bond acceptors (Lipinski definition) is 3. The van der Waals surface area contributed by atoms with E-state index in [-0.39, 0.29) is 5.12 Å². The van der Waals surface area contributed by atoms with Gasteiger partial charge in [0.05, 0.1) is 5.75 Å². The van der Waals surface area contributed by atoms with Crippen LogP contribution < -0.4 is 5.32 Å². The fourth-order valence-electron chi connectivity index (χ4n) is 0.996. The zero-order valence-corrected chi connectivity index (χ0v) is 9.65. The smallest absolute Gasteiger partial charge is 0.186 e. The Morgan fingerprint density at radius 1 is 1.40 bits per heavy atom. The third kappa shape index (κ3) is 4.57. The van der Waals surface area contributed by atoms with Crippen LogP contribution in [0, 0.1) is 11.8 Å². The average Bonchev–Trinajstić information content (AvgIpc) is 2.25. The van der Waals surface area contributed by atoms with E-state index in [1.54, 1.807) is 6.92 Å². The Kier molecular flexibility index (Phi) is 4.79. The highest BCUT2D eigenvalue weighted by Gasteiger charge is 1.90. The Bertz CT molecular complexity index is 386. The summed E-state index contributed by atoms with van der Waals surface area (Å²) in [5.41, 5.74) is 2.04. The lowest BCUT2D eigenvalue weighted by molar-refractivity contribution is -0.109. The summed E-state index contributed by atoms with van der Waals surface area (Å²) < 4.78 is 0. The van der Waals surface area contributed by atoms with E-state index in [9.17, 15) is 4.79 Å². The van der Waals surface area contributed by atoms with Crippen LogP contribution in [0.15, 0.2) is 24.3 Å². The average molecular weight is 219 g/mol. The predicted molar refractivity (Wildman–Crippen MR) is 66.0 cm³/mol. The van der Waals surface area contributed by atoms with E-state index in [1.807, 2.05) is 31.3 Å². The number of thioether (sulfide) groups is 1. The van der Waals surface area contributed by atoms with Crippen molar-refractivity contribution < 1.29 is 4.79 Å². The zero-order valence-electron chi connectivity index (χ0n) is 8.83. The molecule has 0 fully saturated rings. The highest BCUT2D eigenvalue weighted by molar-refractivity contribution is 8.13. The summed E-state index contributed by atoms with van der Waals surface area (Å²) in [6.07, 6.45) is 0. The lowest BCUT2D eigenvalue weighted by Gasteiger charge is -1.97. The standard InChI is InChI=1S/C12H13NOS/c1-10(14)15-9-3-4-11-5-7-12(13-2)8-6-11/h5-8,13H,9H2,1-2H3. The topological polar surface area (TPSA) is 29.1 Å². The van der Waals surface area contributed by atoms with Gasteiger partial charge in [-0.1, -0.05) is 23.6 Å². The maximum Gasteiger partial charge on any atom is 0.186 e. The van der Waals surface area contributed by atoms with Crippen molar-refractivity contribution >= 4 is 22.6 Å². The molecule has 1 N–H and O–H groups in total. The van der Waals surface area contributed by atoms with Gasteiger partial charge >= 0.3 is 0 Å². The number of nitrogens with one attached hydrogen (secondary N) is 1. The molecule has 0 atom stereocenters. The molecule has 2 nitrogen and oxygen atoms in total. The van der Waals surface area contributed by atoms with E-state index < -0.39 is 0 Å². The maximum absolute atomic E-state index is 10.6. The largest absolute Gasteiger partial charge is 0.388 e. The predicted octanol–water partition coefficient (Wildman–Crippen LogP) is 2.36. The first-order chi connectivity index (χ1) is 7.22. The highest BCUT2D eigenvalue weighted by Crippen LogP contribution is 2.07. The number of anilines is 1. The second-order valence-corrected chi connectivity index (χ2v) is 4.06. The Morgan fingerprint density at radius 2 is 2.07 bits per heavy atom. The third-order valence-corrected chi connectivity index (χ3v) is 2.45. The van der Waals surface area contributed by atoms with Crippen molar-refractivity contribution in [3.8, 4) is 11.8 Å². The van der Waals surface area contributed by atoms with Gasteiger partial charge in [0.15, 0.2) is 5.12 Å². The van der Waals surface area contributed by atoms with Crippen LogP contribution in [0.5, 0.6) is 0 Å². The minimum atomic E-state index is 0.106. The van der Waals surface area contributed by atoms with E-state index in [4.69, 9.17) is 0 Å². The highest BCUT2D eigenvalue weighted by atomic mass is 32.2. The van der Waals surface area contributed by atoms with E-state index in [0.717, 1.165) is 11.3 Å². The van der Waals surface area contributed by atoms with Crippen molar-refractivity contribution in [2.45, 2.75) is 6.92 Å². The number of hydrogen-bond donors (Lipinski definition) is 1. The Labute approximate surface area is 94.5 Å². The molecule has 0 aliphatic rings. The van der Waals surface area contributed by atoms with Crippen molar-refractivity contribution in [3.05, 3.63) is 29.8 Å². The number of rotatable bonds is 2. The van der Waals surface area contributed by atoms with Crippen LogP contribution in [0.1, 0.15) is 12.5 Å². The Morgan fingerprint density at radius 3 is 2.60 bits per heavy atom. The van der Waals surface area contributed by atoms with Gasteiger partial charge in [0.2, 0.25) is 0 Å². The first kappa shape index (κ1) is 11.7. The van der Waals surface area contributed by atoms with Gasteiger partial charge < -0.3 is 5.32 Å². The second-order valence-electron chi connectivity index (χ2n) is 2.91. The van der Waals surface area contributed by atoms with Gasteiger partial charge in [0.25, 0.3) is 0 Å². The van der Waals surface area contributed by atoms with Gasteiger partial charge in [-0.3, -0.25) is 4.79 Å². The molecule has 0 saturated carbocycles. The van der Waals surface area contributed by atoms with Crippen LogP contribution in [0.3, 0.4) is 0 Å². The normalized spacial score (nSPS) is 8.93. The molecule has 3 heteroatoms. The molecule has 0 radical (unpaired) electrons. The van der Waals surface area contributed by atoms with Crippen molar-refractivity contribution in [3.63, 3.8) is 0 Å². The molecule has 78 valence electrons. The monoisotopic (exact) mass is 219 g/mol. The third-order valence-electron chi connectivity index (χ3n) is 1.75. The fourth-order valence-corrected chi connectivity index (χ4v) is 1.34. The summed E-state index contributed by atoms with van der Waals surface area (Å²) in [7, 11) is 1.88. The van der Waals surface area contributed by atoms with Gasteiger partial charge in [0, 0.05) is 25.2 Å². The molecule has 0 spiro atoms. The van der Waals surface area contributed by atoms with Crippen molar-refractivity contribution in [1.29, 1.82) is 0 Å². The van der Waals surface area contributed by atoms with Gasteiger partial charge in [-0.2, -0.15) is 0 Å². The molecule has 0 amide bonds. The SMILES string of the molecule is CNc1ccc(C#CCSC(C)=O)cc1. The van der Waals surface area contributed by atoms with E-state index in [1.165, 1.54) is 11.8 Å². The summed E-state index contributed by atoms with van der Waals surface area (Å²) in [6, 6.07) is 7.86. The van der Waals surface area contributed by atoms with E-state index in [0.29, 0.717) is 5.75 Å². The Balaban J connectivity index is 2.52. The summed E-state index contributed by atoms with van der Waals surface area (Å²) in [6.45, 7) is 1.55. The second kappa shape index (κ2) is 6.15. The lowest BCUT2D eigenvalue weighted by Crippen LogP contribution is -1.87. The van der Waals surface area contributed by atoms with Crippen LogP contribution in [0.4, 0.5) is 5.69 Å². The molecule has 0 saturated heterocycles. The molecular weight excluding hydrogens is 206 g/mol. The lowest BCUT2D eigenvalue weighted by atomic mass is 10.2. The Hall–Kier alpha value is -1.40. The number of carbonyl (C=O) groups is 1. The van der Waals surface area contributed by atoms with Gasteiger partial charge in [-0.15, -0.1) is 0 Å². The summed E-state index contributed by atoms with van der Waals surface area (Å²) >= 11 is 1.23. The molecule has 0 aliphatic heterocycles. The van der Waals surface area contributed by atoms with Crippen LogP contribution in [-0.2, 0) is 4.79 Å². The molecule has 1 aromatic carbocycles. The first-order valence-corrected chi connectivity index (χ1v) is 5.61. The number of benzene rings is 1. The van der Waals surface area contributed by atoms with Gasteiger partial charge in [0.1, 0.15) is 0 Å². The molecule has 0 bridgehead atoms. The molecule has 0 unspecified atom stereocenters. The molecule has 0 aromatic heterocycles. The molecule has 0 heterocycles. The van der Waals surface area contributed by atoms with E-state index in [2.05, 4.69) is 17.2 Å². The maximum atomic E-state index is 10.6. The molecule has 1 rings (SSSR count). The molecule has 15 heavy (non-hydrogen) atoms. The van der Waals surface area contributed by atoms with Crippen LogP contribution in [-0.4, -0.2) is 17.9 Å². The summed E-state index contributed by atoms with van der Waals surface area (Å²) in [5, 5.41) is 3.15. The van der Waals surface area contributed by atoms with Crippen molar-refractivity contribution in [2.24, 2.45) is 0 Å². The van der Waals surface area contributed by atoms with E-state index >= 15 is 0 Å². The first-order valence-electron chi connectivity index (χ1n) is 4.62. The van der Waals surface area contributed by atoms with Crippen molar-refractivity contribution in [2.75, 3.05) is 18.1 Å². The molecule has 0 aliphatic carbocycles. The van der Waals surface area contributed by atoms with Gasteiger partial charge in [-0.05, 0) is 24.3 Å². The van der Waals surface area contributed by atoms with Crippen molar-refractivity contribution in [1.82, 2.24) is 0 Å². The minimum Gasteiger partial charge on any atom is -0.388 e. The zero-order chi connectivity index (χ0) is 11.1. The van der Waals surface area contributed by atoms with Gasteiger partial charge in [-0.25, -0.2) is 0 Å². The fraction of sp³-hybridized carbons (Fsp3) is 0.250. The molecule has 1 aromatic rings. The summed E-state index contributed by atoms with van der Waals surface area (Å²) in [4.78, 5) is 10.6. The van der Waals surface area contributed by atoms with Crippen LogP contribution in [0.25, 0.3) is 0 Å². The minimum absolute atomic E-state index is 0.106.